The number of hydrogen-bond donors (Lipinski definition) is 1. The maximum Gasteiger partial charge on any atom is 0.238 e. The number of carbonyl (C=O) groups excluding carboxylic acids is 2. The highest BCUT2D eigenvalue weighted by molar-refractivity contribution is 5.92. The van der Waals surface area contributed by atoms with Gasteiger partial charge in [-0.15, -0.1) is 0 Å². The predicted molar refractivity (Wildman–Crippen MR) is 91.3 cm³/mol. The first-order valence-electron chi connectivity index (χ1n) is 8.64. The highest BCUT2D eigenvalue weighted by atomic mass is 16.2. The molecule has 3 rings (SSSR count). The van der Waals surface area contributed by atoms with Gasteiger partial charge in [-0.05, 0) is 55.7 Å². The van der Waals surface area contributed by atoms with Crippen LogP contribution in [-0.4, -0.2) is 29.8 Å². The van der Waals surface area contributed by atoms with Crippen LogP contribution in [0, 0.1) is 24.2 Å². The molecule has 1 heterocycles. The van der Waals surface area contributed by atoms with Crippen LogP contribution < -0.4 is 5.32 Å². The summed E-state index contributed by atoms with van der Waals surface area (Å²) >= 11 is 0. The second-order valence-electron chi connectivity index (χ2n) is 6.83. The van der Waals surface area contributed by atoms with Crippen LogP contribution in [0.25, 0.3) is 0 Å². The molecule has 1 saturated heterocycles. The third-order valence-electron chi connectivity index (χ3n) is 4.97. The summed E-state index contributed by atoms with van der Waals surface area (Å²) in [5.74, 6) is 0.844. The van der Waals surface area contributed by atoms with Crippen molar-refractivity contribution in [2.45, 2.75) is 44.9 Å². The van der Waals surface area contributed by atoms with E-state index in [1.807, 2.05) is 24.0 Å². The minimum Gasteiger partial charge on any atom is -0.342 e. The van der Waals surface area contributed by atoms with Crippen molar-refractivity contribution in [3.8, 4) is 6.07 Å². The van der Waals surface area contributed by atoms with Crippen LogP contribution in [0.2, 0.25) is 0 Å². The van der Waals surface area contributed by atoms with E-state index >= 15 is 0 Å². The molecule has 2 amide bonds. The fraction of sp³-hybridized carbons (Fsp3) is 0.526. The van der Waals surface area contributed by atoms with Gasteiger partial charge in [-0.2, -0.15) is 5.26 Å². The van der Waals surface area contributed by atoms with Gasteiger partial charge in [-0.3, -0.25) is 9.59 Å². The minimum absolute atomic E-state index is 0.130. The van der Waals surface area contributed by atoms with Crippen LogP contribution in [0.1, 0.15) is 49.1 Å². The Kier molecular flexibility index (Phi) is 4.84. The van der Waals surface area contributed by atoms with E-state index in [0.717, 1.165) is 50.0 Å². The minimum atomic E-state index is -0.278. The quantitative estimate of drug-likeness (QED) is 0.925. The van der Waals surface area contributed by atoms with Crippen molar-refractivity contribution < 1.29 is 9.59 Å². The number of anilines is 1. The normalized spacial score (nSPS) is 18.1. The van der Waals surface area contributed by atoms with Gasteiger partial charge in [0.2, 0.25) is 11.8 Å². The topological polar surface area (TPSA) is 73.2 Å². The maximum atomic E-state index is 12.1. The van der Waals surface area contributed by atoms with Gasteiger partial charge in [0.15, 0.2) is 0 Å². The molecule has 0 spiro atoms. The highest BCUT2D eigenvalue weighted by Gasteiger charge is 2.35. The Labute approximate surface area is 142 Å². The van der Waals surface area contributed by atoms with Crippen molar-refractivity contribution in [2.75, 3.05) is 18.4 Å². The van der Waals surface area contributed by atoms with Crippen LogP contribution in [0.15, 0.2) is 18.2 Å². The van der Waals surface area contributed by atoms with Gasteiger partial charge in [0, 0.05) is 24.7 Å². The molecule has 0 radical (unpaired) electrons. The Hall–Kier alpha value is -2.35. The molecular weight excluding hydrogens is 302 g/mol. The molecule has 5 heteroatoms. The van der Waals surface area contributed by atoms with Crippen molar-refractivity contribution in [1.82, 2.24) is 4.90 Å². The van der Waals surface area contributed by atoms with Gasteiger partial charge >= 0.3 is 0 Å². The monoisotopic (exact) mass is 325 g/mol. The van der Waals surface area contributed by atoms with E-state index in [0.29, 0.717) is 17.7 Å². The Morgan fingerprint density at radius 1 is 1.25 bits per heavy atom. The lowest BCUT2D eigenvalue weighted by Crippen LogP contribution is -2.38. The van der Waals surface area contributed by atoms with Gasteiger partial charge in [-0.1, -0.05) is 12.1 Å². The molecule has 1 aliphatic carbocycles. The molecular formula is C19H23N3O2. The van der Waals surface area contributed by atoms with E-state index in [1.165, 1.54) is 5.56 Å². The predicted octanol–water partition coefficient (Wildman–Crippen LogP) is 2.96. The number of nitrogens with one attached hydrogen (secondary N) is 1. The van der Waals surface area contributed by atoms with Crippen molar-refractivity contribution in [1.29, 1.82) is 5.26 Å². The first-order valence-corrected chi connectivity index (χ1v) is 8.64. The number of amides is 2. The van der Waals surface area contributed by atoms with Crippen LogP contribution in [0.3, 0.4) is 0 Å². The number of carbonyl (C=O) groups is 2. The fourth-order valence-corrected chi connectivity index (χ4v) is 3.37. The first kappa shape index (κ1) is 16.5. The average Bonchev–Trinajstić information content (AvgIpc) is 3.41. The lowest BCUT2D eigenvalue weighted by molar-refractivity contribution is -0.133. The van der Waals surface area contributed by atoms with E-state index in [1.54, 1.807) is 0 Å². The largest absolute Gasteiger partial charge is 0.342 e. The van der Waals surface area contributed by atoms with Crippen LogP contribution in [-0.2, 0) is 9.59 Å². The Bertz CT molecular complexity index is 680. The molecule has 1 N–H and O–H groups in total. The standard InChI is InChI=1S/C19H23N3O2/c1-13-12-16(4-5-17(13)21-18(23)6-9-20)14-7-10-22(11-8-14)19(24)15-2-3-15/h4-5,12,14-15H,2-3,6-8,10-11H2,1H3,(H,21,23). The molecule has 0 unspecified atom stereocenters. The third-order valence-corrected chi connectivity index (χ3v) is 4.97. The number of rotatable bonds is 4. The van der Waals surface area contributed by atoms with E-state index < -0.39 is 0 Å². The van der Waals surface area contributed by atoms with Gasteiger partial charge in [0.05, 0.1) is 6.07 Å². The highest BCUT2D eigenvalue weighted by Crippen LogP contribution is 2.35. The van der Waals surface area contributed by atoms with E-state index in [-0.39, 0.29) is 12.3 Å². The molecule has 1 aliphatic heterocycles. The van der Waals surface area contributed by atoms with Crippen molar-refractivity contribution in [3.63, 3.8) is 0 Å². The van der Waals surface area contributed by atoms with Crippen molar-refractivity contribution in [2.24, 2.45) is 5.92 Å². The van der Waals surface area contributed by atoms with Crippen LogP contribution >= 0.6 is 0 Å². The molecule has 5 nitrogen and oxygen atoms in total. The lowest BCUT2D eigenvalue weighted by Gasteiger charge is -2.32. The summed E-state index contributed by atoms with van der Waals surface area (Å²) in [5.41, 5.74) is 3.04. The van der Waals surface area contributed by atoms with Crippen molar-refractivity contribution >= 4 is 17.5 Å². The molecule has 2 aliphatic rings. The third kappa shape index (κ3) is 3.76. The molecule has 0 aromatic heterocycles. The molecule has 24 heavy (non-hydrogen) atoms. The molecule has 1 aromatic carbocycles. The summed E-state index contributed by atoms with van der Waals surface area (Å²) in [6.07, 6.45) is 4.00. The fourth-order valence-electron chi connectivity index (χ4n) is 3.37. The average molecular weight is 325 g/mol. The SMILES string of the molecule is Cc1cc(C2CCN(C(=O)C3CC3)CC2)ccc1NC(=O)CC#N. The van der Waals surface area contributed by atoms with Gasteiger partial charge in [0.25, 0.3) is 0 Å². The number of piperidine rings is 1. The second kappa shape index (κ2) is 7.04. The summed E-state index contributed by atoms with van der Waals surface area (Å²) in [6, 6.07) is 7.94. The molecule has 1 aromatic rings. The van der Waals surface area contributed by atoms with Crippen LogP contribution in [0.5, 0.6) is 0 Å². The maximum absolute atomic E-state index is 12.1. The second-order valence-corrected chi connectivity index (χ2v) is 6.83. The van der Waals surface area contributed by atoms with E-state index in [9.17, 15) is 9.59 Å². The molecule has 2 fully saturated rings. The van der Waals surface area contributed by atoms with Crippen LogP contribution in [0.4, 0.5) is 5.69 Å². The lowest BCUT2D eigenvalue weighted by atomic mass is 9.88. The Morgan fingerprint density at radius 2 is 1.96 bits per heavy atom. The van der Waals surface area contributed by atoms with Gasteiger partial charge < -0.3 is 10.2 Å². The number of likely N-dealkylation sites (tertiary alicyclic amines) is 1. The van der Waals surface area contributed by atoms with Crippen molar-refractivity contribution in [3.05, 3.63) is 29.3 Å². The van der Waals surface area contributed by atoms with E-state index in [2.05, 4.69) is 17.4 Å². The summed E-state index contributed by atoms with van der Waals surface area (Å²) in [7, 11) is 0. The number of aryl methyl sites for hydroxylation is 1. The Morgan fingerprint density at radius 3 is 2.54 bits per heavy atom. The smallest absolute Gasteiger partial charge is 0.238 e. The number of benzene rings is 1. The number of nitriles is 1. The first-order chi connectivity index (χ1) is 11.6. The number of hydrogen-bond acceptors (Lipinski definition) is 3. The van der Waals surface area contributed by atoms with Gasteiger partial charge in [0.1, 0.15) is 6.42 Å². The zero-order valence-corrected chi connectivity index (χ0v) is 14.0. The summed E-state index contributed by atoms with van der Waals surface area (Å²) in [6.45, 7) is 3.66. The molecule has 126 valence electrons. The molecule has 1 saturated carbocycles. The zero-order valence-electron chi connectivity index (χ0n) is 14.0. The van der Waals surface area contributed by atoms with E-state index in [4.69, 9.17) is 5.26 Å². The number of nitrogens with zero attached hydrogens (tertiary/aromatic N) is 2. The molecule has 0 atom stereocenters. The summed E-state index contributed by atoms with van der Waals surface area (Å²) < 4.78 is 0. The van der Waals surface area contributed by atoms with Gasteiger partial charge in [-0.25, -0.2) is 0 Å². The Balaban J connectivity index is 1.59. The summed E-state index contributed by atoms with van der Waals surface area (Å²) in [5, 5.41) is 11.3. The summed E-state index contributed by atoms with van der Waals surface area (Å²) in [4.78, 5) is 25.7. The zero-order chi connectivity index (χ0) is 17.1. The molecule has 0 bridgehead atoms.